The number of amides is 2. The van der Waals surface area contributed by atoms with Gasteiger partial charge in [0.15, 0.2) is 9.84 Å². The maximum atomic E-state index is 12.5. The van der Waals surface area contributed by atoms with Crippen molar-refractivity contribution in [1.29, 1.82) is 0 Å². The lowest BCUT2D eigenvalue weighted by molar-refractivity contribution is 0.194. The Labute approximate surface area is 190 Å². The zero-order valence-electron chi connectivity index (χ0n) is 19.0. The van der Waals surface area contributed by atoms with Crippen molar-refractivity contribution in [2.24, 2.45) is 0 Å². The predicted octanol–water partition coefficient (Wildman–Crippen LogP) is 2.32. The zero-order valence-corrected chi connectivity index (χ0v) is 19.8. The van der Waals surface area contributed by atoms with E-state index < -0.39 is 9.84 Å². The van der Waals surface area contributed by atoms with E-state index >= 15 is 0 Å². The minimum Gasteiger partial charge on any atom is -0.365 e. The molecule has 1 atom stereocenters. The minimum atomic E-state index is -2.96. The molecule has 32 heavy (non-hydrogen) atoms. The van der Waals surface area contributed by atoms with Crippen LogP contribution in [0.15, 0.2) is 30.3 Å². The molecule has 2 aromatic rings. The van der Waals surface area contributed by atoms with Crippen molar-refractivity contribution < 1.29 is 13.2 Å². The molecule has 0 spiro atoms. The first-order valence-corrected chi connectivity index (χ1v) is 13.2. The lowest BCUT2D eigenvalue weighted by Gasteiger charge is -2.36. The quantitative estimate of drug-likeness (QED) is 0.670. The van der Waals surface area contributed by atoms with Crippen molar-refractivity contribution in [2.75, 3.05) is 49.1 Å². The smallest absolute Gasteiger partial charge is 0.317 e. The van der Waals surface area contributed by atoms with Crippen LogP contribution < -0.4 is 10.2 Å². The molecule has 2 saturated heterocycles. The number of rotatable bonds is 6. The number of carbonyl (C=O) groups is 1. The van der Waals surface area contributed by atoms with Gasteiger partial charge in [0.2, 0.25) is 0 Å². The van der Waals surface area contributed by atoms with Gasteiger partial charge in [-0.15, -0.1) is 0 Å². The van der Waals surface area contributed by atoms with Crippen LogP contribution in [0.2, 0.25) is 0 Å². The van der Waals surface area contributed by atoms with E-state index in [2.05, 4.69) is 27.4 Å². The number of carbonyl (C=O) groups excluding carboxylic acids is 1. The summed E-state index contributed by atoms with van der Waals surface area (Å²) in [7, 11) is -2.96. The molecular formula is C23H33N5O3S. The first kappa shape index (κ1) is 22.6. The Morgan fingerprint density at radius 2 is 1.84 bits per heavy atom. The van der Waals surface area contributed by atoms with Gasteiger partial charge >= 0.3 is 6.03 Å². The monoisotopic (exact) mass is 459 g/mol. The highest BCUT2D eigenvalue weighted by atomic mass is 32.2. The first-order chi connectivity index (χ1) is 15.3. The molecule has 174 valence electrons. The number of hydrogen-bond acceptors (Lipinski definition) is 5. The maximum Gasteiger partial charge on any atom is 0.317 e. The van der Waals surface area contributed by atoms with Crippen molar-refractivity contribution in [3.8, 4) is 0 Å². The number of hydrogen-bond donors (Lipinski definition) is 1. The first-order valence-electron chi connectivity index (χ1n) is 11.4. The topological polar surface area (TPSA) is 87.5 Å². The third kappa shape index (κ3) is 5.09. The van der Waals surface area contributed by atoms with E-state index in [1.807, 2.05) is 41.6 Å². The SMILES string of the molecule is Cc1nn(C2CCS(=O)(=O)C2)c(C)c1N1CCN(C(=O)NCCCc2ccccc2)CC1. The molecule has 2 amide bonds. The molecule has 1 aromatic carbocycles. The Kier molecular flexibility index (Phi) is 6.74. The summed E-state index contributed by atoms with van der Waals surface area (Å²) in [5, 5.41) is 7.72. The third-order valence-corrected chi connectivity index (χ3v) is 8.24. The van der Waals surface area contributed by atoms with Crippen LogP contribution in [0.25, 0.3) is 0 Å². The summed E-state index contributed by atoms with van der Waals surface area (Å²) in [6.07, 6.45) is 2.51. The summed E-state index contributed by atoms with van der Waals surface area (Å²) in [5.74, 6) is 0.414. The molecule has 1 aromatic heterocycles. The summed E-state index contributed by atoms with van der Waals surface area (Å²) in [6, 6.07) is 10.2. The summed E-state index contributed by atoms with van der Waals surface area (Å²) in [5.41, 5.74) is 4.31. The minimum absolute atomic E-state index is 0.00184. The molecule has 0 radical (unpaired) electrons. The number of nitrogens with zero attached hydrogens (tertiary/aromatic N) is 4. The van der Waals surface area contributed by atoms with Crippen molar-refractivity contribution in [2.45, 2.75) is 39.2 Å². The molecular weight excluding hydrogens is 426 g/mol. The molecule has 2 aliphatic heterocycles. The van der Waals surface area contributed by atoms with Crippen molar-refractivity contribution in [3.63, 3.8) is 0 Å². The Bertz CT molecular complexity index is 1040. The number of aromatic nitrogens is 2. The third-order valence-electron chi connectivity index (χ3n) is 6.49. The number of benzene rings is 1. The highest BCUT2D eigenvalue weighted by molar-refractivity contribution is 7.91. The fraction of sp³-hybridized carbons (Fsp3) is 0.565. The van der Waals surface area contributed by atoms with Gasteiger partial charge in [0.05, 0.1) is 34.6 Å². The largest absolute Gasteiger partial charge is 0.365 e. The Hall–Kier alpha value is -2.55. The number of piperazine rings is 1. The van der Waals surface area contributed by atoms with Gasteiger partial charge in [-0.05, 0) is 38.7 Å². The fourth-order valence-electron chi connectivity index (χ4n) is 4.81. The van der Waals surface area contributed by atoms with Crippen LogP contribution in [-0.4, -0.2) is 73.4 Å². The molecule has 4 rings (SSSR count). The van der Waals surface area contributed by atoms with Gasteiger partial charge in [-0.2, -0.15) is 5.10 Å². The molecule has 3 heterocycles. The number of nitrogens with one attached hydrogen (secondary N) is 1. The molecule has 1 unspecified atom stereocenters. The van der Waals surface area contributed by atoms with Gasteiger partial charge in [-0.3, -0.25) is 4.68 Å². The second-order valence-corrected chi connectivity index (χ2v) is 11.0. The highest BCUT2D eigenvalue weighted by Gasteiger charge is 2.33. The molecule has 2 fully saturated rings. The van der Waals surface area contributed by atoms with Crippen LogP contribution in [0, 0.1) is 13.8 Å². The lowest BCUT2D eigenvalue weighted by atomic mass is 10.1. The Balaban J connectivity index is 1.28. The van der Waals surface area contributed by atoms with Crippen LogP contribution in [0.5, 0.6) is 0 Å². The maximum absolute atomic E-state index is 12.5. The van der Waals surface area contributed by atoms with Gasteiger partial charge in [-0.25, -0.2) is 13.2 Å². The van der Waals surface area contributed by atoms with E-state index in [1.54, 1.807) is 0 Å². The van der Waals surface area contributed by atoms with Gasteiger partial charge in [0.25, 0.3) is 0 Å². The van der Waals surface area contributed by atoms with Gasteiger partial charge in [-0.1, -0.05) is 30.3 Å². The molecule has 0 aliphatic carbocycles. The van der Waals surface area contributed by atoms with Crippen LogP contribution >= 0.6 is 0 Å². The van der Waals surface area contributed by atoms with Gasteiger partial charge in [0, 0.05) is 32.7 Å². The van der Waals surface area contributed by atoms with Crippen LogP contribution in [-0.2, 0) is 16.3 Å². The number of sulfone groups is 1. The van der Waals surface area contributed by atoms with Crippen molar-refractivity contribution in [3.05, 3.63) is 47.3 Å². The molecule has 0 bridgehead atoms. The number of aryl methyl sites for hydroxylation is 2. The van der Waals surface area contributed by atoms with Gasteiger partial charge < -0.3 is 15.1 Å². The normalized spacial score (nSPS) is 20.5. The lowest BCUT2D eigenvalue weighted by Crippen LogP contribution is -2.52. The molecule has 8 nitrogen and oxygen atoms in total. The molecule has 9 heteroatoms. The van der Waals surface area contributed by atoms with E-state index in [-0.39, 0.29) is 23.6 Å². The summed E-state index contributed by atoms with van der Waals surface area (Å²) in [6.45, 7) is 7.48. The summed E-state index contributed by atoms with van der Waals surface area (Å²) in [4.78, 5) is 16.7. The van der Waals surface area contributed by atoms with Crippen LogP contribution in [0.4, 0.5) is 10.5 Å². The highest BCUT2D eigenvalue weighted by Crippen LogP contribution is 2.31. The molecule has 2 aliphatic rings. The summed E-state index contributed by atoms with van der Waals surface area (Å²) < 4.78 is 25.7. The predicted molar refractivity (Wildman–Crippen MR) is 126 cm³/mol. The second kappa shape index (κ2) is 9.52. The van der Waals surface area contributed by atoms with E-state index in [0.717, 1.165) is 43.0 Å². The van der Waals surface area contributed by atoms with E-state index in [0.29, 0.717) is 26.1 Å². The number of anilines is 1. The zero-order chi connectivity index (χ0) is 22.7. The summed E-state index contributed by atoms with van der Waals surface area (Å²) >= 11 is 0. The standard InChI is InChI=1S/C23H33N5O3S/c1-18-22(19(2)28(25-18)21-10-16-32(30,31)17-21)26-12-14-27(15-13-26)23(29)24-11-6-9-20-7-4-3-5-8-20/h3-5,7-8,21H,6,9-17H2,1-2H3,(H,24,29). The number of urea groups is 1. The van der Waals surface area contributed by atoms with Crippen LogP contribution in [0.1, 0.15) is 35.8 Å². The van der Waals surface area contributed by atoms with E-state index in [1.165, 1.54) is 5.56 Å². The average Bonchev–Trinajstić information content (AvgIpc) is 3.29. The molecule has 1 N–H and O–H groups in total. The molecule has 0 saturated carbocycles. The van der Waals surface area contributed by atoms with E-state index in [4.69, 9.17) is 0 Å². The van der Waals surface area contributed by atoms with Crippen molar-refractivity contribution in [1.82, 2.24) is 20.0 Å². The Morgan fingerprint density at radius 1 is 1.12 bits per heavy atom. The van der Waals surface area contributed by atoms with E-state index in [9.17, 15) is 13.2 Å². The van der Waals surface area contributed by atoms with Crippen LogP contribution in [0.3, 0.4) is 0 Å². The van der Waals surface area contributed by atoms with Gasteiger partial charge in [0.1, 0.15) is 0 Å². The fourth-order valence-corrected chi connectivity index (χ4v) is 6.51. The van der Waals surface area contributed by atoms with Crippen molar-refractivity contribution >= 4 is 21.6 Å². The average molecular weight is 460 g/mol. The second-order valence-electron chi connectivity index (χ2n) is 8.82. The Morgan fingerprint density at radius 3 is 2.50 bits per heavy atom.